The summed E-state index contributed by atoms with van der Waals surface area (Å²) in [6, 6.07) is 50.5. The van der Waals surface area contributed by atoms with Gasteiger partial charge in [0.1, 0.15) is 11.2 Å². The third-order valence-corrected chi connectivity index (χ3v) is 9.36. The molecule has 0 saturated carbocycles. The maximum absolute atomic E-state index is 6.13. The van der Waals surface area contributed by atoms with Crippen molar-refractivity contribution in [2.75, 3.05) is 0 Å². The highest BCUT2D eigenvalue weighted by molar-refractivity contribution is 6.18. The molecule has 0 radical (unpaired) electrons. The maximum atomic E-state index is 6.13. The van der Waals surface area contributed by atoms with E-state index in [0.717, 1.165) is 71.3 Å². The van der Waals surface area contributed by atoms with Gasteiger partial charge >= 0.3 is 0 Å². The molecule has 0 spiro atoms. The minimum Gasteiger partial charge on any atom is -0.456 e. The molecule has 0 aliphatic heterocycles. The molecule has 0 atom stereocenters. The van der Waals surface area contributed by atoms with Crippen LogP contribution in [-0.2, 0) is 0 Å². The van der Waals surface area contributed by atoms with Crippen molar-refractivity contribution in [3.8, 4) is 45.3 Å². The van der Waals surface area contributed by atoms with E-state index < -0.39 is 0 Å². The van der Waals surface area contributed by atoms with Crippen LogP contribution in [0.2, 0.25) is 0 Å². The fourth-order valence-electron chi connectivity index (χ4n) is 6.98. The molecular formula is C44H26N4O. The molecule has 0 bridgehead atoms. The molecule has 10 aromatic rings. The Morgan fingerprint density at radius 1 is 0.388 bits per heavy atom. The first-order valence-electron chi connectivity index (χ1n) is 16.3. The molecule has 7 aromatic carbocycles. The molecule has 49 heavy (non-hydrogen) atoms. The van der Waals surface area contributed by atoms with Gasteiger partial charge in [0.25, 0.3) is 0 Å². The van der Waals surface area contributed by atoms with E-state index in [1.165, 1.54) is 10.8 Å². The smallest absolute Gasteiger partial charge is 0.164 e. The van der Waals surface area contributed by atoms with Gasteiger partial charge < -0.3 is 4.42 Å². The molecule has 228 valence electrons. The second kappa shape index (κ2) is 10.9. The number of hydrogen-bond acceptors (Lipinski definition) is 5. The van der Waals surface area contributed by atoms with Crippen molar-refractivity contribution in [2.45, 2.75) is 0 Å². The summed E-state index contributed by atoms with van der Waals surface area (Å²) in [6.45, 7) is 0. The second-order valence-electron chi connectivity index (χ2n) is 12.3. The van der Waals surface area contributed by atoms with Gasteiger partial charge in [0, 0.05) is 39.9 Å². The van der Waals surface area contributed by atoms with Crippen LogP contribution >= 0.6 is 0 Å². The van der Waals surface area contributed by atoms with Crippen LogP contribution in [0.25, 0.3) is 99.5 Å². The molecular weight excluding hydrogens is 601 g/mol. The zero-order valence-electron chi connectivity index (χ0n) is 26.2. The Balaban J connectivity index is 1.20. The van der Waals surface area contributed by atoms with E-state index in [0.29, 0.717) is 17.5 Å². The first-order valence-corrected chi connectivity index (χ1v) is 16.3. The van der Waals surface area contributed by atoms with E-state index in [4.69, 9.17) is 19.4 Å². The average molecular weight is 627 g/mol. The summed E-state index contributed by atoms with van der Waals surface area (Å²) in [5, 5.41) is 8.85. The molecule has 3 aromatic heterocycles. The topological polar surface area (TPSA) is 64.7 Å². The summed E-state index contributed by atoms with van der Waals surface area (Å²) in [5.74, 6) is 1.87. The zero-order chi connectivity index (χ0) is 32.3. The largest absolute Gasteiger partial charge is 0.456 e. The Morgan fingerprint density at radius 3 is 1.86 bits per heavy atom. The minimum absolute atomic E-state index is 0.614. The monoisotopic (exact) mass is 626 g/mol. The molecule has 10 rings (SSSR count). The Kier molecular flexibility index (Phi) is 6.11. The quantitative estimate of drug-likeness (QED) is 0.194. The SMILES string of the molecule is c1ccc(-c2cc(-c3nc(-c4ccc5ccccc5c4)nc(-c4ccc5c(ccc6oc7ccncc7c65)c4)n3)cc3ccccc23)cc1. The lowest BCUT2D eigenvalue weighted by atomic mass is 9.95. The molecule has 5 nitrogen and oxygen atoms in total. The summed E-state index contributed by atoms with van der Waals surface area (Å²) in [4.78, 5) is 19.8. The fourth-order valence-corrected chi connectivity index (χ4v) is 6.98. The number of rotatable bonds is 4. The number of pyridine rings is 1. The van der Waals surface area contributed by atoms with E-state index in [9.17, 15) is 0 Å². The van der Waals surface area contributed by atoms with Gasteiger partial charge in [-0.3, -0.25) is 4.98 Å². The van der Waals surface area contributed by atoms with Gasteiger partial charge in [0.15, 0.2) is 17.5 Å². The highest BCUT2D eigenvalue weighted by atomic mass is 16.3. The van der Waals surface area contributed by atoms with Crippen molar-refractivity contribution < 1.29 is 4.42 Å². The second-order valence-corrected chi connectivity index (χ2v) is 12.3. The van der Waals surface area contributed by atoms with E-state index in [1.807, 2.05) is 24.4 Å². The Bertz CT molecular complexity index is 2890. The van der Waals surface area contributed by atoms with Gasteiger partial charge in [-0.2, -0.15) is 0 Å². The molecule has 3 heterocycles. The third kappa shape index (κ3) is 4.63. The maximum Gasteiger partial charge on any atom is 0.164 e. The molecule has 0 unspecified atom stereocenters. The van der Waals surface area contributed by atoms with Crippen molar-refractivity contribution in [1.29, 1.82) is 0 Å². The third-order valence-electron chi connectivity index (χ3n) is 9.36. The van der Waals surface area contributed by atoms with Crippen molar-refractivity contribution in [2.24, 2.45) is 0 Å². The number of fused-ring (bicyclic) bond motifs is 7. The summed E-state index contributed by atoms with van der Waals surface area (Å²) >= 11 is 0. The lowest BCUT2D eigenvalue weighted by molar-refractivity contribution is 0.668. The minimum atomic E-state index is 0.614. The van der Waals surface area contributed by atoms with Gasteiger partial charge in [-0.1, -0.05) is 109 Å². The summed E-state index contributed by atoms with van der Waals surface area (Å²) in [5.41, 5.74) is 6.74. The Labute approximate surface area is 281 Å². The van der Waals surface area contributed by atoms with Crippen LogP contribution in [0.3, 0.4) is 0 Å². The molecule has 0 saturated heterocycles. The molecule has 0 fully saturated rings. The first-order chi connectivity index (χ1) is 24.2. The van der Waals surface area contributed by atoms with Gasteiger partial charge in [-0.15, -0.1) is 0 Å². The number of nitrogens with zero attached hydrogens (tertiary/aromatic N) is 4. The lowest BCUT2D eigenvalue weighted by Crippen LogP contribution is -2.00. The van der Waals surface area contributed by atoms with Crippen LogP contribution in [0, 0.1) is 0 Å². The summed E-state index contributed by atoms with van der Waals surface area (Å²) in [6.07, 6.45) is 3.63. The van der Waals surface area contributed by atoms with E-state index in [1.54, 1.807) is 6.20 Å². The summed E-state index contributed by atoms with van der Waals surface area (Å²) in [7, 11) is 0. The predicted molar refractivity (Wildman–Crippen MR) is 199 cm³/mol. The number of benzene rings is 7. The normalized spacial score (nSPS) is 11.7. The molecule has 0 N–H and O–H groups in total. The van der Waals surface area contributed by atoms with E-state index in [2.05, 4.69) is 132 Å². The van der Waals surface area contributed by atoms with E-state index in [-0.39, 0.29) is 0 Å². The fraction of sp³-hybridized carbons (Fsp3) is 0. The van der Waals surface area contributed by atoms with Crippen LogP contribution in [0.4, 0.5) is 0 Å². The van der Waals surface area contributed by atoms with Crippen molar-refractivity contribution in [3.05, 3.63) is 158 Å². The first kappa shape index (κ1) is 27.4. The Hall–Kier alpha value is -6.72. The molecule has 0 aliphatic carbocycles. The van der Waals surface area contributed by atoms with Crippen molar-refractivity contribution >= 4 is 54.3 Å². The van der Waals surface area contributed by atoms with Gasteiger partial charge in [-0.05, 0) is 79.8 Å². The van der Waals surface area contributed by atoms with Crippen LogP contribution < -0.4 is 0 Å². The van der Waals surface area contributed by atoms with Gasteiger partial charge in [-0.25, -0.2) is 15.0 Å². The van der Waals surface area contributed by atoms with Crippen LogP contribution in [0.5, 0.6) is 0 Å². The number of aromatic nitrogens is 4. The predicted octanol–water partition coefficient (Wildman–Crippen LogP) is 11.3. The molecule has 5 heteroatoms. The van der Waals surface area contributed by atoms with Crippen molar-refractivity contribution in [3.63, 3.8) is 0 Å². The van der Waals surface area contributed by atoms with Gasteiger partial charge in [0.2, 0.25) is 0 Å². The number of hydrogen-bond donors (Lipinski definition) is 0. The van der Waals surface area contributed by atoms with E-state index >= 15 is 0 Å². The molecule has 0 aliphatic rings. The highest BCUT2D eigenvalue weighted by Crippen LogP contribution is 2.37. The lowest BCUT2D eigenvalue weighted by Gasteiger charge is -2.13. The van der Waals surface area contributed by atoms with Crippen LogP contribution in [0.1, 0.15) is 0 Å². The number of furan rings is 1. The van der Waals surface area contributed by atoms with Crippen molar-refractivity contribution in [1.82, 2.24) is 19.9 Å². The highest BCUT2D eigenvalue weighted by Gasteiger charge is 2.17. The summed E-state index contributed by atoms with van der Waals surface area (Å²) < 4.78 is 6.13. The molecule has 0 amide bonds. The standard InChI is InChI=1S/C44H26N4O/c1-2-9-28(10-3-1)37-25-34(24-30-12-6-7-13-35(30)37)44-47-42(32-15-14-27-8-4-5-11-29(27)22-32)46-43(48-44)33-16-18-36-31(23-33)17-19-40-41(36)38-26-45-21-20-39(38)49-40/h1-26H. The Morgan fingerprint density at radius 2 is 1.02 bits per heavy atom. The zero-order valence-corrected chi connectivity index (χ0v) is 26.2. The van der Waals surface area contributed by atoms with Gasteiger partial charge in [0.05, 0.1) is 0 Å². The van der Waals surface area contributed by atoms with Crippen LogP contribution in [0.15, 0.2) is 162 Å². The van der Waals surface area contributed by atoms with Crippen LogP contribution in [-0.4, -0.2) is 19.9 Å². The average Bonchev–Trinajstić information content (AvgIpc) is 3.56.